The lowest BCUT2D eigenvalue weighted by atomic mass is 10.2. The minimum absolute atomic E-state index is 0.115. The zero-order valence-electron chi connectivity index (χ0n) is 14.3. The second-order valence-electron chi connectivity index (χ2n) is 6.21. The predicted octanol–water partition coefficient (Wildman–Crippen LogP) is 3.64. The van der Waals surface area contributed by atoms with Crippen molar-refractivity contribution in [2.24, 2.45) is 0 Å². The Morgan fingerprint density at radius 1 is 1.25 bits per heavy atom. The molecule has 4 heterocycles. The Labute approximate surface area is 156 Å². The van der Waals surface area contributed by atoms with Gasteiger partial charge in [0, 0.05) is 31.3 Å². The van der Waals surface area contributed by atoms with Crippen LogP contribution in [-0.2, 0) is 6.18 Å². The molecule has 1 atom stereocenters. The fourth-order valence-electron chi connectivity index (χ4n) is 2.90. The van der Waals surface area contributed by atoms with E-state index in [0.29, 0.717) is 24.5 Å². The van der Waals surface area contributed by atoms with E-state index in [1.54, 1.807) is 12.1 Å². The highest BCUT2D eigenvalue weighted by atomic mass is 19.4. The van der Waals surface area contributed by atoms with Crippen molar-refractivity contribution in [1.29, 1.82) is 0 Å². The predicted molar refractivity (Wildman–Crippen MR) is 88.4 cm³/mol. The van der Waals surface area contributed by atoms with Crippen LogP contribution < -0.4 is 4.74 Å². The fraction of sp³-hybridized carbons (Fsp3) is 0.278. The number of likely N-dealkylation sites (tertiary alicyclic amines) is 1. The Balaban J connectivity index is 1.40. The summed E-state index contributed by atoms with van der Waals surface area (Å²) < 4.78 is 54.2. The van der Waals surface area contributed by atoms with E-state index in [2.05, 4.69) is 10.1 Å². The van der Waals surface area contributed by atoms with Crippen molar-refractivity contribution in [3.8, 4) is 17.4 Å². The number of alkyl halides is 3. The molecule has 7 nitrogen and oxygen atoms in total. The van der Waals surface area contributed by atoms with E-state index in [9.17, 15) is 18.0 Å². The maximum Gasteiger partial charge on any atom is 0.416 e. The van der Waals surface area contributed by atoms with Crippen molar-refractivity contribution in [3.63, 3.8) is 0 Å². The molecule has 0 aliphatic carbocycles. The van der Waals surface area contributed by atoms with Crippen LogP contribution in [0.15, 0.2) is 51.7 Å². The Kier molecular flexibility index (Phi) is 4.54. The molecule has 1 amide bonds. The minimum Gasteiger partial charge on any atom is -0.472 e. The smallest absolute Gasteiger partial charge is 0.416 e. The number of hydrogen-bond donors (Lipinski definition) is 0. The molecule has 3 aromatic rings. The number of halogens is 3. The van der Waals surface area contributed by atoms with Gasteiger partial charge in [-0.25, -0.2) is 4.98 Å². The average Bonchev–Trinajstić information content (AvgIpc) is 3.41. The highest BCUT2D eigenvalue weighted by Crippen LogP contribution is 2.31. The van der Waals surface area contributed by atoms with Crippen LogP contribution in [0.1, 0.15) is 22.5 Å². The molecule has 3 aromatic heterocycles. The number of aromatic nitrogens is 2. The van der Waals surface area contributed by atoms with E-state index >= 15 is 0 Å². The van der Waals surface area contributed by atoms with Crippen LogP contribution >= 0.6 is 0 Å². The molecule has 0 radical (unpaired) electrons. The summed E-state index contributed by atoms with van der Waals surface area (Å²) in [5.41, 5.74) is -0.722. The van der Waals surface area contributed by atoms with Gasteiger partial charge in [-0.2, -0.15) is 13.2 Å². The topological polar surface area (TPSA) is 81.6 Å². The summed E-state index contributed by atoms with van der Waals surface area (Å²) in [6.07, 6.45) is -1.95. The number of amides is 1. The largest absolute Gasteiger partial charge is 0.472 e. The highest BCUT2D eigenvalue weighted by Gasteiger charge is 2.33. The zero-order valence-corrected chi connectivity index (χ0v) is 14.3. The molecular formula is C18H14F3N3O4. The van der Waals surface area contributed by atoms with Gasteiger partial charge in [-0.3, -0.25) is 4.79 Å². The Bertz CT molecular complexity index is 969. The van der Waals surface area contributed by atoms with Crippen LogP contribution in [0.4, 0.5) is 13.2 Å². The van der Waals surface area contributed by atoms with Crippen LogP contribution in [0.25, 0.3) is 11.5 Å². The molecule has 1 saturated heterocycles. The summed E-state index contributed by atoms with van der Waals surface area (Å²) in [5.74, 6) is 0.290. The van der Waals surface area contributed by atoms with Gasteiger partial charge in [-0.1, -0.05) is 5.16 Å². The lowest BCUT2D eigenvalue weighted by molar-refractivity contribution is -0.137. The summed E-state index contributed by atoms with van der Waals surface area (Å²) in [6, 6.07) is 6.56. The molecule has 0 saturated carbocycles. The molecule has 28 heavy (non-hydrogen) atoms. The van der Waals surface area contributed by atoms with E-state index in [1.807, 2.05) is 0 Å². The third kappa shape index (κ3) is 3.71. The summed E-state index contributed by atoms with van der Waals surface area (Å²) in [5, 5.41) is 3.76. The SMILES string of the molecule is O=C(c1cc(-c2ccco2)on1)N1CC[C@H](Oc2cc(C(F)(F)F)ccn2)C1. The Morgan fingerprint density at radius 2 is 2.11 bits per heavy atom. The summed E-state index contributed by atoms with van der Waals surface area (Å²) in [4.78, 5) is 17.9. The highest BCUT2D eigenvalue weighted by molar-refractivity contribution is 5.93. The lowest BCUT2D eigenvalue weighted by Crippen LogP contribution is -2.31. The molecular weight excluding hydrogens is 379 g/mol. The normalized spacial score (nSPS) is 17.1. The monoisotopic (exact) mass is 393 g/mol. The van der Waals surface area contributed by atoms with Crippen molar-refractivity contribution in [2.75, 3.05) is 13.1 Å². The second-order valence-corrected chi connectivity index (χ2v) is 6.21. The van der Waals surface area contributed by atoms with E-state index in [0.717, 1.165) is 18.3 Å². The second kappa shape index (κ2) is 7.02. The number of ether oxygens (including phenoxy) is 1. The number of carbonyl (C=O) groups is 1. The summed E-state index contributed by atoms with van der Waals surface area (Å²) >= 11 is 0. The third-order valence-corrected chi connectivity index (χ3v) is 4.28. The third-order valence-electron chi connectivity index (χ3n) is 4.28. The van der Waals surface area contributed by atoms with Crippen LogP contribution in [0.2, 0.25) is 0 Å². The zero-order chi connectivity index (χ0) is 19.7. The van der Waals surface area contributed by atoms with Gasteiger partial charge in [-0.15, -0.1) is 0 Å². The van der Waals surface area contributed by atoms with Crippen LogP contribution in [0.5, 0.6) is 5.88 Å². The van der Waals surface area contributed by atoms with Crippen molar-refractivity contribution in [3.05, 3.63) is 54.0 Å². The first kappa shape index (κ1) is 18.1. The van der Waals surface area contributed by atoms with Gasteiger partial charge in [0.25, 0.3) is 5.91 Å². The molecule has 0 bridgehead atoms. The molecule has 10 heteroatoms. The quantitative estimate of drug-likeness (QED) is 0.673. The van der Waals surface area contributed by atoms with Gasteiger partial charge in [-0.05, 0) is 18.2 Å². The van der Waals surface area contributed by atoms with Crippen molar-refractivity contribution in [2.45, 2.75) is 18.7 Å². The van der Waals surface area contributed by atoms with E-state index in [1.165, 1.54) is 17.2 Å². The van der Waals surface area contributed by atoms with E-state index in [4.69, 9.17) is 13.7 Å². The molecule has 0 N–H and O–H groups in total. The minimum atomic E-state index is -4.47. The molecule has 1 aliphatic heterocycles. The maximum absolute atomic E-state index is 12.8. The van der Waals surface area contributed by atoms with Crippen molar-refractivity contribution >= 4 is 5.91 Å². The fourth-order valence-corrected chi connectivity index (χ4v) is 2.90. The molecule has 0 spiro atoms. The lowest BCUT2D eigenvalue weighted by Gasteiger charge is -2.16. The number of carbonyl (C=O) groups excluding carboxylic acids is 1. The van der Waals surface area contributed by atoms with Gasteiger partial charge < -0.3 is 18.6 Å². The number of nitrogens with zero attached hydrogens (tertiary/aromatic N) is 3. The molecule has 0 unspecified atom stereocenters. The van der Waals surface area contributed by atoms with Crippen LogP contribution in [-0.4, -0.2) is 40.1 Å². The van der Waals surface area contributed by atoms with E-state index in [-0.39, 0.29) is 24.0 Å². The van der Waals surface area contributed by atoms with Crippen LogP contribution in [0, 0.1) is 0 Å². The molecule has 4 rings (SSSR count). The molecule has 1 aliphatic rings. The van der Waals surface area contributed by atoms with Crippen LogP contribution in [0.3, 0.4) is 0 Å². The van der Waals surface area contributed by atoms with Crippen molar-refractivity contribution < 1.29 is 31.6 Å². The first-order valence-corrected chi connectivity index (χ1v) is 8.40. The molecule has 0 aromatic carbocycles. The van der Waals surface area contributed by atoms with Gasteiger partial charge >= 0.3 is 6.18 Å². The Morgan fingerprint density at radius 3 is 2.86 bits per heavy atom. The van der Waals surface area contributed by atoms with Gasteiger partial charge in [0.05, 0.1) is 18.4 Å². The molecule has 1 fully saturated rings. The van der Waals surface area contributed by atoms with Gasteiger partial charge in [0.1, 0.15) is 6.10 Å². The van der Waals surface area contributed by atoms with Gasteiger partial charge in [0.2, 0.25) is 11.6 Å². The Hall–Kier alpha value is -3.30. The summed E-state index contributed by atoms with van der Waals surface area (Å²) in [7, 11) is 0. The number of rotatable bonds is 4. The maximum atomic E-state index is 12.8. The number of furan rings is 1. The van der Waals surface area contributed by atoms with Crippen molar-refractivity contribution in [1.82, 2.24) is 15.0 Å². The van der Waals surface area contributed by atoms with Gasteiger partial charge in [0.15, 0.2) is 11.5 Å². The summed E-state index contributed by atoms with van der Waals surface area (Å²) in [6.45, 7) is 0.588. The number of hydrogen-bond acceptors (Lipinski definition) is 6. The standard InChI is InChI=1S/C18H14F3N3O4/c19-18(20,21)11-3-5-22-16(8-11)27-12-4-6-24(10-12)17(25)13-9-15(28-23-13)14-2-1-7-26-14/h1-3,5,7-9,12H,4,6,10H2/t12-/m0/s1. The average molecular weight is 393 g/mol. The molecule has 146 valence electrons. The van der Waals surface area contributed by atoms with E-state index < -0.39 is 17.8 Å². The first-order valence-electron chi connectivity index (χ1n) is 8.40. The first-order chi connectivity index (χ1) is 13.4. The number of pyridine rings is 1.